The maximum atomic E-state index is 11.5. The number of ether oxygens (including phenoxy) is 1. The Labute approximate surface area is 123 Å². The summed E-state index contributed by atoms with van der Waals surface area (Å²) in [5.74, 6) is 1.48. The summed E-state index contributed by atoms with van der Waals surface area (Å²) in [5.41, 5.74) is 9.39. The lowest BCUT2D eigenvalue weighted by Gasteiger charge is -2.05. The van der Waals surface area contributed by atoms with Gasteiger partial charge >= 0.3 is 5.97 Å². The number of thioether (sulfide) groups is 1. The lowest BCUT2D eigenvalue weighted by Crippen LogP contribution is -2.01. The highest BCUT2D eigenvalue weighted by Crippen LogP contribution is 2.19. The zero-order chi connectivity index (χ0) is 14.4. The van der Waals surface area contributed by atoms with E-state index in [2.05, 4.69) is 0 Å². The summed E-state index contributed by atoms with van der Waals surface area (Å²) in [6.45, 7) is 0. The molecule has 0 fully saturated rings. The molecule has 2 aromatic carbocycles. The minimum Gasteiger partial charge on any atom is -0.465 e. The first kappa shape index (κ1) is 14.5. The van der Waals surface area contributed by atoms with Crippen molar-refractivity contribution in [3.05, 3.63) is 65.2 Å². The molecule has 0 saturated heterocycles. The Kier molecular flexibility index (Phi) is 5.07. The van der Waals surface area contributed by atoms with Crippen LogP contribution in [0.25, 0.3) is 0 Å². The van der Waals surface area contributed by atoms with Crippen LogP contribution < -0.4 is 5.73 Å². The largest absolute Gasteiger partial charge is 0.465 e. The van der Waals surface area contributed by atoms with Crippen LogP contribution in [0.5, 0.6) is 0 Å². The molecule has 2 rings (SSSR count). The lowest BCUT2D eigenvalue weighted by atomic mass is 10.1. The van der Waals surface area contributed by atoms with Gasteiger partial charge in [-0.2, -0.15) is 11.8 Å². The molecule has 0 aliphatic rings. The fraction of sp³-hybridized carbons (Fsp3) is 0.188. The summed E-state index contributed by atoms with van der Waals surface area (Å²) in [6.07, 6.45) is 0. The SMILES string of the molecule is COC(=O)c1cccc(CSCc2ccc(N)cc2)c1. The average molecular weight is 287 g/mol. The van der Waals surface area contributed by atoms with E-state index >= 15 is 0 Å². The number of esters is 1. The van der Waals surface area contributed by atoms with Crippen LogP contribution in [0.1, 0.15) is 21.5 Å². The molecule has 0 aliphatic heterocycles. The fourth-order valence-electron chi connectivity index (χ4n) is 1.81. The summed E-state index contributed by atoms with van der Waals surface area (Å²) >= 11 is 1.80. The Hall–Kier alpha value is -1.94. The first-order valence-electron chi connectivity index (χ1n) is 6.28. The molecule has 4 heteroatoms. The Balaban J connectivity index is 1.91. The summed E-state index contributed by atoms with van der Waals surface area (Å²) in [7, 11) is 1.39. The van der Waals surface area contributed by atoms with Crippen molar-refractivity contribution in [3.8, 4) is 0 Å². The molecule has 0 unspecified atom stereocenters. The molecule has 104 valence electrons. The van der Waals surface area contributed by atoms with E-state index in [0.29, 0.717) is 5.56 Å². The number of rotatable bonds is 5. The normalized spacial score (nSPS) is 10.2. The molecule has 0 aliphatic carbocycles. The molecule has 0 atom stereocenters. The van der Waals surface area contributed by atoms with Gasteiger partial charge in [0.05, 0.1) is 12.7 Å². The second kappa shape index (κ2) is 7.01. The van der Waals surface area contributed by atoms with E-state index in [-0.39, 0.29) is 5.97 Å². The van der Waals surface area contributed by atoms with Crippen molar-refractivity contribution in [1.82, 2.24) is 0 Å². The van der Waals surface area contributed by atoms with Crippen LogP contribution in [0.15, 0.2) is 48.5 Å². The molecular weight excluding hydrogens is 270 g/mol. The van der Waals surface area contributed by atoms with E-state index in [4.69, 9.17) is 10.5 Å². The van der Waals surface area contributed by atoms with Crippen LogP contribution in [0.4, 0.5) is 5.69 Å². The molecule has 0 amide bonds. The number of carbonyl (C=O) groups is 1. The molecular formula is C16H17NO2S. The van der Waals surface area contributed by atoms with E-state index in [0.717, 1.165) is 22.8 Å². The second-order valence-corrected chi connectivity index (χ2v) is 5.41. The summed E-state index contributed by atoms with van der Waals surface area (Å²) in [6, 6.07) is 15.4. The van der Waals surface area contributed by atoms with Crippen molar-refractivity contribution in [1.29, 1.82) is 0 Å². The number of nitrogens with two attached hydrogens (primary N) is 1. The first-order chi connectivity index (χ1) is 9.69. The second-order valence-electron chi connectivity index (χ2n) is 4.43. The fourth-order valence-corrected chi connectivity index (χ4v) is 2.75. The van der Waals surface area contributed by atoms with E-state index < -0.39 is 0 Å². The topological polar surface area (TPSA) is 52.3 Å². The predicted molar refractivity (Wildman–Crippen MR) is 83.6 cm³/mol. The number of benzene rings is 2. The maximum absolute atomic E-state index is 11.5. The Morgan fingerprint density at radius 3 is 2.50 bits per heavy atom. The van der Waals surface area contributed by atoms with Gasteiger partial charge in [0.2, 0.25) is 0 Å². The Morgan fingerprint density at radius 1 is 1.10 bits per heavy atom. The third kappa shape index (κ3) is 4.03. The third-order valence-corrected chi connectivity index (χ3v) is 3.94. The van der Waals surface area contributed by atoms with Gasteiger partial charge in [0.15, 0.2) is 0 Å². The van der Waals surface area contributed by atoms with Gasteiger partial charge in [0.1, 0.15) is 0 Å². The number of hydrogen-bond donors (Lipinski definition) is 1. The van der Waals surface area contributed by atoms with Crippen LogP contribution in [-0.4, -0.2) is 13.1 Å². The van der Waals surface area contributed by atoms with Gasteiger partial charge in [0.25, 0.3) is 0 Å². The standard InChI is InChI=1S/C16H17NO2S/c1-19-16(18)14-4-2-3-13(9-14)11-20-10-12-5-7-15(17)8-6-12/h2-9H,10-11,17H2,1H3. The Morgan fingerprint density at radius 2 is 1.80 bits per heavy atom. The maximum Gasteiger partial charge on any atom is 0.337 e. The van der Waals surface area contributed by atoms with Gasteiger partial charge in [-0.3, -0.25) is 0 Å². The minimum atomic E-state index is -0.296. The number of methoxy groups -OCH3 is 1. The number of hydrogen-bond acceptors (Lipinski definition) is 4. The van der Waals surface area contributed by atoms with Crippen molar-refractivity contribution in [2.45, 2.75) is 11.5 Å². The van der Waals surface area contributed by atoms with Crippen LogP contribution >= 0.6 is 11.8 Å². The summed E-state index contributed by atoms with van der Waals surface area (Å²) < 4.78 is 4.72. The molecule has 0 heterocycles. The Bertz CT molecular complexity index is 581. The molecule has 20 heavy (non-hydrogen) atoms. The van der Waals surface area contributed by atoms with Crippen LogP contribution in [0.3, 0.4) is 0 Å². The highest BCUT2D eigenvalue weighted by Gasteiger charge is 2.05. The predicted octanol–water partition coefficient (Wildman–Crippen LogP) is 3.49. The molecule has 0 radical (unpaired) electrons. The van der Waals surface area contributed by atoms with Crippen molar-refractivity contribution in [2.24, 2.45) is 0 Å². The van der Waals surface area contributed by atoms with Gasteiger partial charge in [-0.05, 0) is 35.4 Å². The van der Waals surface area contributed by atoms with Crippen LogP contribution in [0, 0.1) is 0 Å². The minimum absolute atomic E-state index is 0.296. The van der Waals surface area contributed by atoms with Crippen molar-refractivity contribution < 1.29 is 9.53 Å². The summed E-state index contributed by atoms with van der Waals surface area (Å²) in [4.78, 5) is 11.5. The quantitative estimate of drug-likeness (QED) is 0.675. The van der Waals surface area contributed by atoms with E-state index in [1.165, 1.54) is 12.7 Å². The number of carbonyl (C=O) groups excluding carboxylic acids is 1. The monoisotopic (exact) mass is 287 g/mol. The highest BCUT2D eigenvalue weighted by molar-refractivity contribution is 7.97. The third-order valence-electron chi connectivity index (χ3n) is 2.87. The zero-order valence-corrected chi connectivity index (χ0v) is 12.2. The van der Waals surface area contributed by atoms with E-state index in [9.17, 15) is 4.79 Å². The molecule has 0 bridgehead atoms. The molecule has 2 N–H and O–H groups in total. The van der Waals surface area contributed by atoms with Crippen molar-refractivity contribution in [3.63, 3.8) is 0 Å². The average Bonchev–Trinajstić information content (AvgIpc) is 2.49. The molecule has 2 aromatic rings. The van der Waals surface area contributed by atoms with Crippen LogP contribution in [0.2, 0.25) is 0 Å². The zero-order valence-electron chi connectivity index (χ0n) is 11.3. The molecule has 0 aromatic heterocycles. The highest BCUT2D eigenvalue weighted by atomic mass is 32.2. The van der Waals surface area contributed by atoms with Gasteiger partial charge in [-0.25, -0.2) is 4.79 Å². The van der Waals surface area contributed by atoms with Gasteiger partial charge < -0.3 is 10.5 Å². The van der Waals surface area contributed by atoms with Gasteiger partial charge in [-0.1, -0.05) is 24.3 Å². The van der Waals surface area contributed by atoms with E-state index in [1.807, 2.05) is 42.5 Å². The summed E-state index contributed by atoms with van der Waals surface area (Å²) in [5, 5.41) is 0. The van der Waals surface area contributed by atoms with E-state index in [1.54, 1.807) is 17.8 Å². The van der Waals surface area contributed by atoms with Crippen LogP contribution in [-0.2, 0) is 16.2 Å². The van der Waals surface area contributed by atoms with Gasteiger partial charge in [-0.15, -0.1) is 0 Å². The van der Waals surface area contributed by atoms with Crippen molar-refractivity contribution >= 4 is 23.4 Å². The van der Waals surface area contributed by atoms with Gasteiger partial charge in [0, 0.05) is 17.2 Å². The number of anilines is 1. The molecule has 0 saturated carbocycles. The smallest absolute Gasteiger partial charge is 0.337 e. The first-order valence-corrected chi connectivity index (χ1v) is 7.44. The molecule has 0 spiro atoms. The number of nitrogen functional groups attached to an aromatic ring is 1. The molecule has 3 nitrogen and oxygen atoms in total. The lowest BCUT2D eigenvalue weighted by molar-refractivity contribution is 0.0600. The van der Waals surface area contributed by atoms with Crippen molar-refractivity contribution in [2.75, 3.05) is 12.8 Å².